The number of hydrogen-bond donors (Lipinski definition) is 0. The molecule has 2 heterocycles. The van der Waals surface area contributed by atoms with Gasteiger partial charge in [0.25, 0.3) is 0 Å². The predicted octanol–water partition coefficient (Wildman–Crippen LogP) is 2.64. The van der Waals surface area contributed by atoms with E-state index in [0.717, 1.165) is 15.6 Å². The molecule has 2 aromatic rings. The lowest BCUT2D eigenvalue weighted by Crippen LogP contribution is -1.82. The van der Waals surface area contributed by atoms with Crippen LogP contribution in [0.15, 0.2) is 18.3 Å². The van der Waals surface area contributed by atoms with Crippen molar-refractivity contribution >= 4 is 34.3 Å². The fourth-order valence-electron chi connectivity index (χ4n) is 0.998. The second-order valence-electron chi connectivity index (χ2n) is 2.59. The van der Waals surface area contributed by atoms with Gasteiger partial charge in [-0.1, -0.05) is 11.3 Å². The highest BCUT2D eigenvalue weighted by molar-refractivity contribution is 14.1. The number of nitrogens with zero attached hydrogens (tertiary/aromatic N) is 3. The van der Waals surface area contributed by atoms with Crippen molar-refractivity contribution in [3.8, 4) is 16.5 Å². The molecule has 0 aliphatic heterocycles. The topological polar surface area (TPSA) is 47.9 Å². The standard InChI is InChI=1S/C8H6IN3OS/c1-5-11-12-8(14-5)6-2-3-10-7(4-6)13-9/h2-4H,1H3. The van der Waals surface area contributed by atoms with Gasteiger partial charge in [-0.2, -0.15) is 0 Å². The molecular weight excluding hydrogens is 313 g/mol. The van der Waals surface area contributed by atoms with Crippen molar-refractivity contribution < 1.29 is 3.07 Å². The van der Waals surface area contributed by atoms with Crippen molar-refractivity contribution in [3.63, 3.8) is 0 Å². The van der Waals surface area contributed by atoms with Crippen LogP contribution in [-0.4, -0.2) is 15.2 Å². The summed E-state index contributed by atoms with van der Waals surface area (Å²) in [6, 6.07) is 3.73. The first-order valence-corrected chi connectivity index (χ1v) is 5.54. The molecule has 0 aromatic carbocycles. The Kier molecular flexibility index (Phi) is 2.92. The average Bonchev–Trinajstić information content (AvgIpc) is 2.65. The maximum atomic E-state index is 5.00. The highest BCUT2D eigenvalue weighted by Gasteiger charge is 2.05. The Balaban J connectivity index is 2.41. The number of aryl methyl sites for hydroxylation is 1. The third-order valence-electron chi connectivity index (χ3n) is 1.59. The van der Waals surface area contributed by atoms with Gasteiger partial charge in [-0.05, 0) is 13.0 Å². The molecule has 14 heavy (non-hydrogen) atoms. The SMILES string of the molecule is Cc1nnc(-c2ccnc(OI)c2)s1. The predicted molar refractivity (Wildman–Crippen MR) is 62.5 cm³/mol. The molecule has 0 radical (unpaired) electrons. The molecule has 0 N–H and O–H groups in total. The highest BCUT2D eigenvalue weighted by atomic mass is 127. The van der Waals surface area contributed by atoms with Crippen LogP contribution in [0, 0.1) is 6.92 Å². The maximum absolute atomic E-state index is 5.00. The van der Waals surface area contributed by atoms with Crippen LogP contribution in [0.5, 0.6) is 5.88 Å². The first-order valence-electron chi connectivity index (χ1n) is 3.85. The van der Waals surface area contributed by atoms with Crippen LogP contribution < -0.4 is 3.07 Å². The zero-order chi connectivity index (χ0) is 9.97. The average molecular weight is 319 g/mol. The van der Waals surface area contributed by atoms with Crippen LogP contribution in [0.1, 0.15) is 5.01 Å². The molecule has 72 valence electrons. The minimum atomic E-state index is 0.580. The quantitative estimate of drug-likeness (QED) is 0.799. The first-order chi connectivity index (χ1) is 6.79. The van der Waals surface area contributed by atoms with E-state index in [0.29, 0.717) is 5.88 Å². The zero-order valence-corrected chi connectivity index (χ0v) is 10.2. The molecule has 0 spiro atoms. The van der Waals surface area contributed by atoms with E-state index < -0.39 is 0 Å². The molecule has 0 fully saturated rings. The second-order valence-corrected chi connectivity index (χ2v) is 4.21. The summed E-state index contributed by atoms with van der Waals surface area (Å²) >= 11 is 3.35. The van der Waals surface area contributed by atoms with Gasteiger partial charge in [0.05, 0.1) is 0 Å². The van der Waals surface area contributed by atoms with Crippen LogP contribution in [0.4, 0.5) is 0 Å². The van der Waals surface area contributed by atoms with Gasteiger partial charge in [-0.25, -0.2) is 4.98 Å². The van der Waals surface area contributed by atoms with Crippen LogP contribution >= 0.6 is 34.3 Å². The molecule has 0 unspecified atom stereocenters. The van der Waals surface area contributed by atoms with Crippen molar-refractivity contribution in [1.29, 1.82) is 0 Å². The van der Waals surface area contributed by atoms with E-state index >= 15 is 0 Å². The van der Waals surface area contributed by atoms with Crippen LogP contribution in [0.3, 0.4) is 0 Å². The molecule has 4 nitrogen and oxygen atoms in total. The fourth-order valence-corrected chi connectivity index (χ4v) is 1.93. The molecule has 2 aromatic heterocycles. The second kappa shape index (κ2) is 4.18. The van der Waals surface area contributed by atoms with Gasteiger partial charge in [0.2, 0.25) is 5.88 Å². The summed E-state index contributed by atoms with van der Waals surface area (Å²) in [5, 5.41) is 9.84. The number of pyridine rings is 1. The minimum absolute atomic E-state index is 0.580. The monoisotopic (exact) mass is 319 g/mol. The number of aromatic nitrogens is 3. The van der Waals surface area contributed by atoms with E-state index in [2.05, 4.69) is 15.2 Å². The Morgan fingerprint density at radius 3 is 2.93 bits per heavy atom. The molecule has 0 atom stereocenters. The lowest BCUT2D eigenvalue weighted by atomic mass is 10.3. The molecule has 0 aliphatic rings. The van der Waals surface area contributed by atoms with Gasteiger partial charge in [0.1, 0.15) is 10.0 Å². The molecule has 0 amide bonds. The van der Waals surface area contributed by atoms with Gasteiger partial charge in [0.15, 0.2) is 23.0 Å². The smallest absolute Gasteiger partial charge is 0.225 e. The summed E-state index contributed by atoms with van der Waals surface area (Å²) in [6.07, 6.45) is 1.69. The van der Waals surface area contributed by atoms with Crippen molar-refractivity contribution in [3.05, 3.63) is 23.3 Å². The van der Waals surface area contributed by atoms with Crippen LogP contribution in [-0.2, 0) is 0 Å². The fraction of sp³-hybridized carbons (Fsp3) is 0.125. The van der Waals surface area contributed by atoms with E-state index in [1.807, 2.05) is 19.1 Å². The van der Waals surface area contributed by atoms with E-state index in [4.69, 9.17) is 3.07 Å². The summed E-state index contributed by atoms with van der Waals surface area (Å²) in [4.78, 5) is 4.02. The normalized spacial score (nSPS) is 10.1. The maximum Gasteiger partial charge on any atom is 0.225 e. The van der Waals surface area contributed by atoms with Gasteiger partial charge in [-0.15, -0.1) is 10.2 Å². The lowest BCUT2D eigenvalue weighted by molar-refractivity contribution is 0.682. The third kappa shape index (κ3) is 2.01. The Morgan fingerprint density at radius 2 is 2.29 bits per heavy atom. The summed E-state index contributed by atoms with van der Waals surface area (Å²) in [5.74, 6) is 0.580. The third-order valence-corrected chi connectivity index (χ3v) is 2.93. The molecule has 0 bridgehead atoms. The molecule has 0 aliphatic carbocycles. The Labute approximate surface area is 99.0 Å². The molecule has 0 saturated heterocycles. The van der Waals surface area contributed by atoms with Crippen molar-refractivity contribution in [1.82, 2.24) is 15.2 Å². The van der Waals surface area contributed by atoms with Crippen molar-refractivity contribution in [2.45, 2.75) is 6.92 Å². The molecule has 2 rings (SSSR count). The number of halogens is 1. The summed E-state index contributed by atoms with van der Waals surface area (Å²) in [7, 11) is 0. The van der Waals surface area contributed by atoms with Crippen molar-refractivity contribution in [2.75, 3.05) is 0 Å². The van der Waals surface area contributed by atoms with Gasteiger partial charge < -0.3 is 3.07 Å². The van der Waals surface area contributed by atoms with Gasteiger partial charge >= 0.3 is 0 Å². The molecular formula is C8H6IN3OS. The van der Waals surface area contributed by atoms with Crippen LogP contribution in [0.25, 0.3) is 10.6 Å². The summed E-state index contributed by atoms with van der Waals surface area (Å²) < 4.78 is 5.00. The molecule has 6 heteroatoms. The Bertz CT molecular complexity index is 446. The number of hydrogen-bond acceptors (Lipinski definition) is 5. The van der Waals surface area contributed by atoms with Crippen LogP contribution in [0.2, 0.25) is 0 Å². The molecule has 0 saturated carbocycles. The number of rotatable bonds is 2. The largest absolute Gasteiger partial charge is 0.408 e. The minimum Gasteiger partial charge on any atom is -0.408 e. The summed E-state index contributed by atoms with van der Waals surface area (Å²) in [6.45, 7) is 1.93. The van der Waals surface area contributed by atoms with E-state index in [1.54, 1.807) is 40.5 Å². The van der Waals surface area contributed by atoms with Crippen molar-refractivity contribution in [2.24, 2.45) is 0 Å². The van der Waals surface area contributed by atoms with E-state index in [-0.39, 0.29) is 0 Å². The highest BCUT2D eigenvalue weighted by Crippen LogP contribution is 2.25. The van der Waals surface area contributed by atoms with Gasteiger partial charge in [0, 0.05) is 17.8 Å². The lowest BCUT2D eigenvalue weighted by Gasteiger charge is -1.97. The summed E-state index contributed by atoms with van der Waals surface area (Å²) in [5.41, 5.74) is 0.984. The van der Waals surface area contributed by atoms with E-state index in [1.165, 1.54) is 0 Å². The van der Waals surface area contributed by atoms with E-state index in [9.17, 15) is 0 Å². The first kappa shape index (κ1) is 9.78. The Hall–Kier alpha value is -0.760. The van der Waals surface area contributed by atoms with Gasteiger partial charge in [-0.3, -0.25) is 0 Å². The Morgan fingerprint density at radius 1 is 1.43 bits per heavy atom. The zero-order valence-electron chi connectivity index (χ0n) is 7.27.